The van der Waals surface area contributed by atoms with Crippen molar-refractivity contribution in [3.05, 3.63) is 12.2 Å². The highest BCUT2D eigenvalue weighted by Crippen LogP contribution is 2.10. The molecule has 0 bridgehead atoms. The van der Waals surface area contributed by atoms with Gasteiger partial charge in [-0.15, -0.1) is 0 Å². The van der Waals surface area contributed by atoms with E-state index >= 15 is 0 Å². The average Bonchev–Trinajstić information content (AvgIpc) is 2.92. The average molecular weight is 547 g/mol. The van der Waals surface area contributed by atoms with Crippen LogP contribution < -0.4 is 0 Å². The first kappa shape index (κ1) is 37.0. The van der Waals surface area contributed by atoms with E-state index in [-0.39, 0.29) is 19.2 Å². The molecule has 0 aromatic heterocycles. The molecular formula is C30H58O8. The smallest absolute Gasteiger partial charge is 0.305 e. The maximum atomic E-state index is 11.8. The Balaban J connectivity index is 3.18. The van der Waals surface area contributed by atoms with Gasteiger partial charge in [-0.05, 0) is 32.1 Å². The number of unbranched alkanes of at least 4 members (excludes halogenated alkanes) is 11. The van der Waals surface area contributed by atoms with Crippen LogP contribution in [0.15, 0.2) is 12.2 Å². The van der Waals surface area contributed by atoms with E-state index in [1.807, 2.05) is 0 Å². The van der Waals surface area contributed by atoms with Crippen LogP contribution in [0.3, 0.4) is 0 Å². The van der Waals surface area contributed by atoms with Gasteiger partial charge in [0.15, 0.2) is 0 Å². The molecule has 0 saturated carbocycles. The molecule has 0 aliphatic carbocycles. The number of ether oxygens (including phenoxy) is 6. The Morgan fingerprint density at radius 3 is 1.39 bits per heavy atom. The number of hydrogen-bond donors (Lipinski definition) is 1. The van der Waals surface area contributed by atoms with Crippen LogP contribution in [0.25, 0.3) is 0 Å². The van der Waals surface area contributed by atoms with Gasteiger partial charge in [0, 0.05) is 6.42 Å². The third-order valence-electron chi connectivity index (χ3n) is 5.86. The van der Waals surface area contributed by atoms with Crippen LogP contribution >= 0.6 is 0 Å². The van der Waals surface area contributed by atoms with E-state index in [9.17, 15) is 4.79 Å². The molecule has 226 valence electrons. The molecule has 0 aliphatic rings. The first-order valence-electron chi connectivity index (χ1n) is 15.1. The van der Waals surface area contributed by atoms with Crippen LogP contribution in [0.2, 0.25) is 0 Å². The van der Waals surface area contributed by atoms with Crippen molar-refractivity contribution in [1.29, 1.82) is 0 Å². The second-order valence-corrected chi connectivity index (χ2v) is 9.34. The first-order chi connectivity index (χ1) is 18.8. The molecule has 0 aromatic carbocycles. The Kier molecular flexibility index (Phi) is 33.1. The first-order valence-corrected chi connectivity index (χ1v) is 15.1. The minimum absolute atomic E-state index is 0.0277. The standard InChI is InChI=1S/C30H58O8/c1-2-3-4-5-6-7-8-9-10-11-12-13-14-15-16-17-30(32)38-29-28-37-27-26-36-25-24-35-23-22-34-21-20-33-19-18-31/h9-10,31H,2-8,11-29H2,1H3/b10-9+. The third-order valence-corrected chi connectivity index (χ3v) is 5.86. The molecule has 38 heavy (non-hydrogen) atoms. The number of hydrogen-bond acceptors (Lipinski definition) is 8. The molecule has 8 nitrogen and oxygen atoms in total. The third kappa shape index (κ3) is 33.0. The Labute approximate surface area is 232 Å². The summed E-state index contributed by atoms with van der Waals surface area (Å²) in [6.45, 7) is 7.20. The molecule has 0 rings (SSSR count). The molecule has 0 fully saturated rings. The fourth-order valence-electron chi connectivity index (χ4n) is 3.67. The van der Waals surface area contributed by atoms with Gasteiger partial charge in [0.1, 0.15) is 6.61 Å². The van der Waals surface area contributed by atoms with E-state index in [1.165, 1.54) is 70.6 Å². The van der Waals surface area contributed by atoms with Crippen LogP contribution in [0, 0.1) is 0 Å². The van der Waals surface area contributed by atoms with Crippen molar-refractivity contribution in [2.45, 2.75) is 96.8 Å². The number of aliphatic hydroxyl groups excluding tert-OH is 1. The molecule has 0 amide bonds. The van der Waals surface area contributed by atoms with Crippen molar-refractivity contribution in [1.82, 2.24) is 0 Å². The van der Waals surface area contributed by atoms with Gasteiger partial charge in [-0.25, -0.2) is 0 Å². The zero-order valence-corrected chi connectivity index (χ0v) is 24.3. The van der Waals surface area contributed by atoms with Crippen molar-refractivity contribution in [2.24, 2.45) is 0 Å². The summed E-state index contributed by atoms with van der Waals surface area (Å²) in [7, 11) is 0. The fourth-order valence-corrected chi connectivity index (χ4v) is 3.67. The lowest BCUT2D eigenvalue weighted by Crippen LogP contribution is -2.15. The van der Waals surface area contributed by atoms with E-state index in [4.69, 9.17) is 33.5 Å². The van der Waals surface area contributed by atoms with Crippen LogP contribution in [-0.4, -0.2) is 90.4 Å². The molecule has 0 saturated heterocycles. The quantitative estimate of drug-likeness (QED) is 0.0658. The highest BCUT2D eigenvalue weighted by molar-refractivity contribution is 5.69. The van der Waals surface area contributed by atoms with Gasteiger partial charge < -0.3 is 33.5 Å². The molecular weight excluding hydrogens is 488 g/mol. The lowest BCUT2D eigenvalue weighted by molar-refractivity contribution is -0.145. The van der Waals surface area contributed by atoms with E-state index < -0.39 is 0 Å². The number of carbonyl (C=O) groups excluding carboxylic acids is 1. The predicted octanol–water partition coefficient (Wildman–Crippen LogP) is 5.64. The summed E-state index contributed by atoms with van der Waals surface area (Å²) < 4.78 is 31.8. The molecule has 0 aromatic rings. The Bertz CT molecular complexity index is 487. The van der Waals surface area contributed by atoms with Crippen LogP contribution in [0.5, 0.6) is 0 Å². The van der Waals surface area contributed by atoms with E-state index in [0.29, 0.717) is 72.5 Å². The maximum Gasteiger partial charge on any atom is 0.305 e. The Hall–Kier alpha value is -1.03. The second-order valence-electron chi connectivity index (χ2n) is 9.34. The SMILES string of the molecule is CCCCCCCC/C=C/CCCCCCCC(=O)OCCOCCOCCOCCOCCOCCO. The van der Waals surface area contributed by atoms with Crippen LogP contribution in [0.1, 0.15) is 96.8 Å². The molecule has 1 N–H and O–H groups in total. The lowest BCUT2D eigenvalue weighted by Gasteiger charge is -2.08. The van der Waals surface area contributed by atoms with E-state index in [1.54, 1.807) is 0 Å². The van der Waals surface area contributed by atoms with Crippen molar-refractivity contribution in [3.63, 3.8) is 0 Å². The molecule has 0 aliphatic heterocycles. The maximum absolute atomic E-state index is 11.8. The number of aliphatic hydroxyl groups is 1. The van der Waals surface area contributed by atoms with E-state index in [2.05, 4.69) is 19.1 Å². The number of carbonyl (C=O) groups is 1. The molecule has 0 atom stereocenters. The molecule has 0 heterocycles. The summed E-state index contributed by atoms with van der Waals surface area (Å²) in [6, 6.07) is 0. The molecule has 0 spiro atoms. The van der Waals surface area contributed by atoms with Gasteiger partial charge in [-0.1, -0.05) is 70.4 Å². The topological polar surface area (TPSA) is 92.7 Å². The zero-order chi connectivity index (χ0) is 27.6. The van der Waals surface area contributed by atoms with Gasteiger partial charge in [0.2, 0.25) is 0 Å². The summed E-state index contributed by atoms with van der Waals surface area (Å²) in [5.74, 6) is -0.138. The van der Waals surface area contributed by atoms with Crippen molar-refractivity contribution < 1.29 is 38.3 Å². The summed E-state index contributed by atoms with van der Waals surface area (Å²) >= 11 is 0. The summed E-state index contributed by atoms with van der Waals surface area (Å²) in [6.07, 6.45) is 21.4. The minimum atomic E-state index is -0.138. The fraction of sp³-hybridized carbons (Fsp3) is 0.900. The lowest BCUT2D eigenvalue weighted by atomic mass is 10.1. The van der Waals surface area contributed by atoms with Crippen LogP contribution in [0.4, 0.5) is 0 Å². The number of rotatable bonds is 32. The van der Waals surface area contributed by atoms with E-state index in [0.717, 1.165) is 12.8 Å². The summed E-state index contributed by atoms with van der Waals surface area (Å²) in [5, 5.41) is 8.57. The Morgan fingerprint density at radius 1 is 0.526 bits per heavy atom. The predicted molar refractivity (Wildman–Crippen MR) is 152 cm³/mol. The monoisotopic (exact) mass is 546 g/mol. The number of esters is 1. The molecule has 0 unspecified atom stereocenters. The molecule has 8 heteroatoms. The minimum Gasteiger partial charge on any atom is -0.463 e. The van der Waals surface area contributed by atoms with Gasteiger partial charge in [0.25, 0.3) is 0 Å². The van der Waals surface area contributed by atoms with Gasteiger partial charge >= 0.3 is 5.97 Å². The highest BCUT2D eigenvalue weighted by atomic mass is 16.6. The van der Waals surface area contributed by atoms with Gasteiger partial charge in [0.05, 0.1) is 72.7 Å². The van der Waals surface area contributed by atoms with Gasteiger partial charge in [-0.2, -0.15) is 0 Å². The second kappa shape index (κ2) is 34.0. The number of allylic oxidation sites excluding steroid dienone is 2. The normalized spacial score (nSPS) is 11.5. The summed E-state index contributed by atoms with van der Waals surface area (Å²) in [5.41, 5.74) is 0. The van der Waals surface area contributed by atoms with Gasteiger partial charge in [-0.3, -0.25) is 4.79 Å². The Morgan fingerprint density at radius 2 is 0.921 bits per heavy atom. The van der Waals surface area contributed by atoms with Crippen molar-refractivity contribution >= 4 is 5.97 Å². The van der Waals surface area contributed by atoms with Crippen molar-refractivity contribution in [3.8, 4) is 0 Å². The zero-order valence-electron chi connectivity index (χ0n) is 24.3. The van der Waals surface area contributed by atoms with Crippen LogP contribution in [-0.2, 0) is 33.2 Å². The highest BCUT2D eigenvalue weighted by Gasteiger charge is 2.02. The molecule has 0 radical (unpaired) electrons. The summed E-state index contributed by atoms with van der Waals surface area (Å²) in [4.78, 5) is 11.8. The van der Waals surface area contributed by atoms with Crippen molar-refractivity contribution in [2.75, 3.05) is 79.3 Å². The largest absolute Gasteiger partial charge is 0.463 e.